The number of esters is 1. The Morgan fingerprint density at radius 1 is 1.00 bits per heavy atom. The minimum Gasteiger partial charge on any atom is -0.454 e. The summed E-state index contributed by atoms with van der Waals surface area (Å²) in [5, 5.41) is 10.9. The molecule has 2 fully saturated rings. The minimum atomic E-state index is -2.15. The van der Waals surface area contributed by atoms with E-state index in [2.05, 4.69) is 67.7 Å². The number of cyclic esters (lactones) is 1. The highest BCUT2D eigenvalue weighted by Gasteiger charge is 2.69. The van der Waals surface area contributed by atoms with E-state index < -0.39 is 52.3 Å². The third-order valence-corrected chi connectivity index (χ3v) is 16.4. The van der Waals surface area contributed by atoms with Crippen LogP contribution < -0.4 is 0 Å². The summed E-state index contributed by atoms with van der Waals surface area (Å²) in [6, 6.07) is 0. The third-order valence-electron chi connectivity index (χ3n) is 7.44. The van der Waals surface area contributed by atoms with Crippen molar-refractivity contribution in [3.8, 4) is 0 Å². The van der Waals surface area contributed by atoms with E-state index >= 15 is 0 Å². The van der Waals surface area contributed by atoms with Crippen LogP contribution in [0.2, 0.25) is 36.3 Å². The lowest BCUT2D eigenvalue weighted by Crippen LogP contribution is -2.54. The number of hydrogen-bond donors (Lipinski definition) is 1. The summed E-state index contributed by atoms with van der Waals surface area (Å²) in [6.45, 7) is 25.0. The molecule has 0 aromatic rings. The molecule has 7 nitrogen and oxygen atoms in total. The number of hydrogen-bond acceptors (Lipinski definition) is 7. The van der Waals surface area contributed by atoms with Gasteiger partial charge in [0.05, 0.1) is 13.2 Å². The Balaban J connectivity index is 2.22. The minimum absolute atomic E-state index is 0.00873. The molecule has 2 saturated heterocycles. The highest BCUT2D eigenvalue weighted by molar-refractivity contribution is 6.74. The van der Waals surface area contributed by atoms with E-state index in [1.807, 2.05) is 0 Å². The first-order valence-corrected chi connectivity index (χ1v) is 17.0. The molecule has 0 saturated carbocycles. The lowest BCUT2D eigenvalue weighted by Gasteiger charge is -2.38. The van der Waals surface area contributed by atoms with Crippen LogP contribution in [0.15, 0.2) is 0 Å². The van der Waals surface area contributed by atoms with Crippen LogP contribution in [0, 0.1) is 0 Å². The van der Waals surface area contributed by atoms with Crippen molar-refractivity contribution in [1.82, 2.24) is 0 Å². The Bertz CT molecular complexity index is 678. The zero-order chi connectivity index (χ0) is 24.3. The van der Waals surface area contributed by atoms with E-state index in [0.29, 0.717) is 0 Å². The first kappa shape index (κ1) is 27.0. The smallest absolute Gasteiger partial charge is 0.344 e. The van der Waals surface area contributed by atoms with Gasteiger partial charge in [-0.3, -0.25) is 0 Å². The van der Waals surface area contributed by atoms with E-state index in [9.17, 15) is 9.90 Å². The average Bonchev–Trinajstić information content (AvgIpc) is 2.98. The number of aliphatic hydroxyl groups is 1. The van der Waals surface area contributed by atoms with Crippen molar-refractivity contribution in [3.63, 3.8) is 0 Å². The summed E-state index contributed by atoms with van der Waals surface area (Å²) in [4.78, 5) is 13.1. The van der Waals surface area contributed by atoms with Crippen LogP contribution in [0.3, 0.4) is 0 Å². The molecule has 0 bridgehead atoms. The highest BCUT2D eigenvalue weighted by atomic mass is 28.4. The van der Waals surface area contributed by atoms with Crippen LogP contribution in [0.1, 0.15) is 55.4 Å². The zero-order valence-electron chi connectivity index (χ0n) is 21.5. The highest BCUT2D eigenvalue weighted by Crippen LogP contribution is 2.47. The number of rotatable bonds is 7. The quantitative estimate of drug-likeness (QED) is 0.435. The molecule has 4 atom stereocenters. The molecule has 182 valence electrons. The first-order valence-electron chi connectivity index (χ1n) is 11.2. The fourth-order valence-electron chi connectivity index (χ4n) is 3.26. The van der Waals surface area contributed by atoms with Gasteiger partial charge in [0.1, 0.15) is 12.2 Å². The number of fused-ring (bicyclic) bond motifs is 1. The predicted molar refractivity (Wildman–Crippen MR) is 125 cm³/mol. The van der Waals surface area contributed by atoms with Gasteiger partial charge in [-0.1, -0.05) is 41.5 Å². The molecule has 0 aliphatic carbocycles. The number of carbonyl (C=O) groups excluding carboxylic acids is 1. The molecule has 0 radical (unpaired) electrons. The van der Waals surface area contributed by atoms with E-state index in [1.165, 1.54) is 0 Å². The molecule has 0 aromatic carbocycles. The van der Waals surface area contributed by atoms with Crippen molar-refractivity contribution < 1.29 is 33.0 Å². The Morgan fingerprint density at radius 2 is 1.48 bits per heavy atom. The second-order valence-corrected chi connectivity index (χ2v) is 22.1. The molecule has 2 aliphatic rings. The molecule has 9 heteroatoms. The van der Waals surface area contributed by atoms with E-state index in [-0.39, 0.29) is 23.3 Å². The van der Waals surface area contributed by atoms with Gasteiger partial charge in [0, 0.05) is 0 Å². The van der Waals surface area contributed by atoms with Gasteiger partial charge >= 0.3 is 5.97 Å². The molecule has 0 amide bonds. The molecule has 1 N–H and O–H groups in total. The molecule has 2 aliphatic heterocycles. The second kappa shape index (κ2) is 8.18. The first-order chi connectivity index (χ1) is 13.7. The number of carbonyl (C=O) groups is 1. The van der Waals surface area contributed by atoms with E-state index in [0.717, 1.165) is 0 Å². The Labute approximate surface area is 190 Å². The summed E-state index contributed by atoms with van der Waals surface area (Å²) in [5.74, 6) is -1.53. The monoisotopic (exact) mass is 476 g/mol. The SMILES string of the molecule is CC1(C)O[C@H]2[C@@H]([C@H](O)CO[Si](C)(C)C(C)(C)C)OC(=O)[C@@]2(CO[Si](C)(C)C(C)(C)C)O1. The fourth-order valence-corrected chi connectivity index (χ4v) is 5.29. The lowest BCUT2D eigenvalue weighted by molar-refractivity contribution is -0.207. The topological polar surface area (TPSA) is 83.5 Å². The van der Waals surface area contributed by atoms with E-state index in [4.69, 9.17) is 23.1 Å². The maximum absolute atomic E-state index is 13.1. The molecule has 0 unspecified atom stereocenters. The molecule has 31 heavy (non-hydrogen) atoms. The maximum atomic E-state index is 13.1. The molecule has 0 aromatic heterocycles. The number of ether oxygens (including phenoxy) is 3. The summed E-state index contributed by atoms with van der Waals surface area (Å²) >= 11 is 0. The zero-order valence-corrected chi connectivity index (χ0v) is 23.5. The number of aliphatic hydroxyl groups excluding tert-OH is 1. The van der Waals surface area contributed by atoms with Gasteiger partial charge < -0.3 is 28.2 Å². The van der Waals surface area contributed by atoms with Crippen molar-refractivity contribution in [2.45, 2.75) is 121 Å². The Hall–Kier alpha value is -0.296. The molecule has 2 heterocycles. The van der Waals surface area contributed by atoms with Gasteiger partial charge in [0.15, 0.2) is 28.5 Å². The van der Waals surface area contributed by atoms with Gasteiger partial charge in [0.25, 0.3) is 0 Å². The third kappa shape index (κ3) is 5.28. The molecule has 2 rings (SSSR count). The Morgan fingerprint density at radius 3 is 1.97 bits per heavy atom. The van der Waals surface area contributed by atoms with Crippen LogP contribution in [-0.2, 0) is 27.9 Å². The van der Waals surface area contributed by atoms with Crippen molar-refractivity contribution in [2.75, 3.05) is 13.2 Å². The van der Waals surface area contributed by atoms with E-state index in [1.54, 1.807) is 13.8 Å². The molecular weight excluding hydrogens is 432 g/mol. The summed E-state index contributed by atoms with van der Waals surface area (Å²) < 4.78 is 30.4. The van der Waals surface area contributed by atoms with Gasteiger partial charge in [-0.05, 0) is 50.1 Å². The lowest BCUT2D eigenvalue weighted by atomic mass is 9.95. The van der Waals surface area contributed by atoms with Gasteiger partial charge in [-0.2, -0.15) is 0 Å². The van der Waals surface area contributed by atoms with Crippen LogP contribution in [0.25, 0.3) is 0 Å². The fraction of sp³-hybridized carbons (Fsp3) is 0.955. The summed E-state index contributed by atoms with van der Waals surface area (Å²) in [6.07, 6.45) is -2.66. The molecular formula is C22H44O7Si2. The Kier molecular flexibility index (Phi) is 7.11. The van der Waals surface area contributed by atoms with Gasteiger partial charge in [-0.15, -0.1) is 0 Å². The van der Waals surface area contributed by atoms with Gasteiger partial charge in [0.2, 0.25) is 5.60 Å². The van der Waals surface area contributed by atoms with Crippen molar-refractivity contribution in [1.29, 1.82) is 0 Å². The standard InChI is InChI=1S/C22H44O7Si2/c1-19(2,3)30(9,10)25-13-15(23)16-17-22(18(24)27-16,29-21(7,8)28-17)14-26-31(11,12)20(4,5)6/h15-17,23H,13-14H2,1-12H3/t15-,16-,17+,22+/m1/s1. The maximum Gasteiger partial charge on any atom is 0.344 e. The van der Waals surface area contributed by atoms with Crippen LogP contribution >= 0.6 is 0 Å². The van der Waals surface area contributed by atoms with Crippen molar-refractivity contribution >= 4 is 22.6 Å². The molecule has 0 spiro atoms. The van der Waals surface area contributed by atoms with Crippen LogP contribution in [0.4, 0.5) is 0 Å². The average molecular weight is 477 g/mol. The predicted octanol–water partition coefficient (Wildman–Crippen LogP) is 4.21. The van der Waals surface area contributed by atoms with Crippen molar-refractivity contribution in [3.05, 3.63) is 0 Å². The largest absolute Gasteiger partial charge is 0.454 e. The van der Waals surface area contributed by atoms with Gasteiger partial charge in [-0.25, -0.2) is 4.79 Å². The van der Waals surface area contributed by atoms with Crippen molar-refractivity contribution in [2.24, 2.45) is 0 Å². The van der Waals surface area contributed by atoms with Crippen LogP contribution in [0.5, 0.6) is 0 Å². The second-order valence-electron chi connectivity index (χ2n) is 12.5. The summed E-state index contributed by atoms with van der Waals surface area (Å²) in [5.41, 5.74) is -1.39. The summed E-state index contributed by atoms with van der Waals surface area (Å²) in [7, 11) is -4.22. The normalized spacial score (nSPS) is 30.3. The van der Waals surface area contributed by atoms with Crippen LogP contribution in [-0.4, -0.2) is 70.6 Å².